The van der Waals surface area contributed by atoms with Crippen molar-refractivity contribution in [2.75, 3.05) is 31.3 Å². The van der Waals surface area contributed by atoms with Crippen LogP contribution in [0.3, 0.4) is 0 Å². The van der Waals surface area contributed by atoms with E-state index < -0.39 is 0 Å². The van der Waals surface area contributed by atoms with Crippen LogP contribution in [0.4, 0.5) is 0 Å². The van der Waals surface area contributed by atoms with Crippen LogP contribution < -0.4 is 5.32 Å². The summed E-state index contributed by atoms with van der Waals surface area (Å²) in [4.78, 5) is 0. The van der Waals surface area contributed by atoms with Crippen LogP contribution in [-0.2, 0) is 4.74 Å². The molecule has 0 saturated carbocycles. The number of nitrogens with one attached hydrogen (secondary N) is 1. The molecule has 1 saturated heterocycles. The first kappa shape index (κ1) is 15.6. The molecule has 92 valence electrons. The number of hydrogen-bond acceptors (Lipinski definition) is 3. The summed E-state index contributed by atoms with van der Waals surface area (Å²) < 4.78 is 5.29. The van der Waals surface area contributed by atoms with Crippen LogP contribution in [0.15, 0.2) is 0 Å². The molecule has 4 heteroatoms. The van der Waals surface area contributed by atoms with Gasteiger partial charge in [0.1, 0.15) is 0 Å². The van der Waals surface area contributed by atoms with Gasteiger partial charge < -0.3 is 10.1 Å². The Balaban J connectivity index is 0.00000196. The van der Waals surface area contributed by atoms with Gasteiger partial charge in [-0.25, -0.2) is 0 Å². The van der Waals surface area contributed by atoms with E-state index in [1.807, 2.05) is 0 Å². The summed E-state index contributed by atoms with van der Waals surface area (Å²) in [5, 5.41) is 3.63. The van der Waals surface area contributed by atoms with Crippen molar-refractivity contribution < 1.29 is 4.74 Å². The average Bonchev–Trinajstić information content (AvgIpc) is 2.25. The van der Waals surface area contributed by atoms with Crippen molar-refractivity contribution in [2.45, 2.75) is 38.6 Å². The van der Waals surface area contributed by atoms with Crippen LogP contribution in [0, 0.1) is 0 Å². The highest BCUT2D eigenvalue weighted by atomic mass is 35.5. The van der Waals surface area contributed by atoms with Crippen molar-refractivity contribution in [1.82, 2.24) is 5.32 Å². The van der Waals surface area contributed by atoms with Gasteiger partial charge in [0.25, 0.3) is 0 Å². The number of rotatable bonds is 7. The summed E-state index contributed by atoms with van der Waals surface area (Å²) in [7, 11) is 0. The lowest BCUT2D eigenvalue weighted by atomic mass is 10.1. The molecule has 1 fully saturated rings. The van der Waals surface area contributed by atoms with Crippen LogP contribution in [0.5, 0.6) is 0 Å². The number of ether oxygens (including phenoxy) is 1. The molecule has 1 heterocycles. The van der Waals surface area contributed by atoms with Gasteiger partial charge in [-0.2, -0.15) is 11.8 Å². The third kappa shape index (κ3) is 8.38. The van der Waals surface area contributed by atoms with Gasteiger partial charge in [-0.1, -0.05) is 0 Å². The molecular weight excluding hydrogens is 230 g/mol. The third-order valence-corrected chi connectivity index (χ3v) is 3.62. The fourth-order valence-corrected chi connectivity index (χ4v) is 2.79. The number of hydrogen-bond donors (Lipinski definition) is 1. The third-order valence-electron chi connectivity index (χ3n) is 2.57. The van der Waals surface area contributed by atoms with Crippen LogP contribution in [0.25, 0.3) is 0 Å². The van der Waals surface area contributed by atoms with E-state index in [4.69, 9.17) is 4.74 Å². The van der Waals surface area contributed by atoms with E-state index in [1.54, 1.807) is 0 Å². The average molecular weight is 254 g/mol. The van der Waals surface area contributed by atoms with Gasteiger partial charge in [-0.15, -0.1) is 12.4 Å². The lowest BCUT2D eigenvalue weighted by Gasteiger charge is -2.22. The molecule has 2 nitrogen and oxygen atoms in total. The zero-order valence-electron chi connectivity index (χ0n) is 9.67. The molecule has 0 atom stereocenters. The fourth-order valence-electron chi connectivity index (χ4n) is 1.68. The second-order valence-corrected chi connectivity index (χ2v) is 4.97. The van der Waals surface area contributed by atoms with Gasteiger partial charge >= 0.3 is 0 Å². The highest BCUT2D eigenvalue weighted by Gasteiger charge is 2.11. The van der Waals surface area contributed by atoms with E-state index in [2.05, 4.69) is 24.0 Å². The second-order valence-electron chi connectivity index (χ2n) is 3.74. The van der Waals surface area contributed by atoms with E-state index in [0.717, 1.165) is 19.3 Å². The van der Waals surface area contributed by atoms with Crippen molar-refractivity contribution in [3.63, 3.8) is 0 Å². The van der Waals surface area contributed by atoms with E-state index in [1.165, 1.54) is 43.7 Å². The Kier molecular flexibility index (Phi) is 11.5. The van der Waals surface area contributed by atoms with Gasteiger partial charge in [0.15, 0.2) is 0 Å². The highest BCUT2D eigenvalue weighted by Crippen LogP contribution is 2.16. The predicted octanol–water partition coefficient (Wildman–Crippen LogP) is 2.71. The molecule has 0 aromatic heterocycles. The van der Waals surface area contributed by atoms with E-state index >= 15 is 0 Å². The first-order chi connectivity index (χ1) is 6.93. The Hall–Kier alpha value is 0.560. The molecule has 0 unspecified atom stereocenters. The van der Waals surface area contributed by atoms with Crippen molar-refractivity contribution >= 4 is 24.2 Å². The largest absolute Gasteiger partial charge is 0.382 e. The molecule has 1 rings (SSSR count). The molecule has 0 spiro atoms. The maximum absolute atomic E-state index is 5.29. The van der Waals surface area contributed by atoms with Crippen molar-refractivity contribution in [3.8, 4) is 0 Å². The molecule has 0 aromatic carbocycles. The molecule has 0 aliphatic carbocycles. The number of thioether (sulfide) groups is 1. The maximum atomic E-state index is 5.29. The van der Waals surface area contributed by atoms with Gasteiger partial charge in [0.05, 0.1) is 0 Å². The molecule has 0 amide bonds. The summed E-state index contributed by atoms with van der Waals surface area (Å²) in [5.41, 5.74) is 0. The molecule has 1 aliphatic heterocycles. The lowest BCUT2D eigenvalue weighted by Crippen LogP contribution is -2.33. The summed E-state index contributed by atoms with van der Waals surface area (Å²) in [6, 6.07) is 0.795. The van der Waals surface area contributed by atoms with Gasteiger partial charge in [-0.05, 0) is 50.7 Å². The van der Waals surface area contributed by atoms with E-state index in [0.29, 0.717) is 0 Å². The minimum absolute atomic E-state index is 0. The first-order valence-electron chi connectivity index (χ1n) is 5.82. The zero-order chi connectivity index (χ0) is 10.1. The maximum Gasteiger partial charge on any atom is 0.0466 e. The van der Waals surface area contributed by atoms with E-state index in [-0.39, 0.29) is 12.4 Å². The second kappa shape index (κ2) is 11.1. The predicted molar refractivity (Wildman–Crippen MR) is 71.3 cm³/mol. The van der Waals surface area contributed by atoms with Crippen LogP contribution in [0.2, 0.25) is 0 Å². The smallest absolute Gasteiger partial charge is 0.0466 e. The molecule has 0 bridgehead atoms. The summed E-state index contributed by atoms with van der Waals surface area (Å²) >= 11 is 2.09. The monoisotopic (exact) mass is 253 g/mol. The van der Waals surface area contributed by atoms with Crippen molar-refractivity contribution in [3.05, 3.63) is 0 Å². The molecular formula is C11H24ClNOS. The van der Waals surface area contributed by atoms with Crippen LogP contribution >= 0.6 is 24.2 Å². The number of halogens is 1. The van der Waals surface area contributed by atoms with Crippen molar-refractivity contribution in [2.24, 2.45) is 0 Å². The molecule has 0 aromatic rings. The summed E-state index contributed by atoms with van der Waals surface area (Å²) in [6.07, 6.45) is 5.16. The van der Waals surface area contributed by atoms with Gasteiger partial charge in [0.2, 0.25) is 0 Å². The summed E-state index contributed by atoms with van der Waals surface area (Å²) in [6.45, 7) is 5.01. The van der Waals surface area contributed by atoms with Crippen LogP contribution in [-0.4, -0.2) is 37.3 Å². The molecule has 15 heavy (non-hydrogen) atoms. The molecule has 0 radical (unpaired) electrons. The topological polar surface area (TPSA) is 21.3 Å². The Morgan fingerprint density at radius 2 is 2.00 bits per heavy atom. The van der Waals surface area contributed by atoms with E-state index in [9.17, 15) is 0 Å². The Labute approximate surface area is 104 Å². The fraction of sp³-hybridized carbons (Fsp3) is 1.00. The summed E-state index contributed by atoms with van der Waals surface area (Å²) in [5.74, 6) is 2.69. The lowest BCUT2D eigenvalue weighted by molar-refractivity contribution is 0.143. The van der Waals surface area contributed by atoms with Gasteiger partial charge in [0, 0.05) is 19.3 Å². The normalized spacial score (nSPS) is 17.4. The molecule has 1 aliphatic rings. The first-order valence-corrected chi connectivity index (χ1v) is 6.98. The Morgan fingerprint density at radius 3 is 2.67 bits per heavy atom. The minimum atomic E-state index is 0. The number of unbranched alkanes of at least 4 members (excludes halogenated alkanes) is 1. The Morgan fingerprint density at radius 1 is 1.27 bits per heavy atom. The quantitative estimate of drug-likeness (QED) is 0.705. The Bertz CT molecular complexity index is 132. The van der Waals surface area contributed by atoms with Crippen LogP contribution in [0.1, 0.15) is 32.6 Å². The van der Waals surface area contributed by atoms with Gasteiger partial charge in [-0.3, -0.25) is 0 Å². The minimum Gasteiger partial charge on any atom is -0.382 e. The zero-order valence-corrected chi connectivity index (χ0v) is 11.3. The standard InChI is InChI=1S/C11H23NOS.ClH/c1-2-13-8-4-3-7-12-11-5-9-14-10-6-11;/h11-12H,2-10H2,1H3;1H. The SMILES string of the molecule is CCOCCCCNC1CCSCC1.Cl. The van der Waals surface area contributed by atoms with Crippen molar-refractivity contribution in [1.29, 1.82) is 0 Å². The molecule has 1 N–H and O–H groups in total. The highest BCUT2D eigenvalue weighted by molar-refractivity contribution is 7.99.